The molecule has 0 bridgehead atoms. The van der Waals surface area contributed by atoms with Gasteiger partial charge in [-0.2, -0.15) is 0 Å². The van der Waals surface area contributed by atoms with Crippen LogP contribution < -0.4 is 10.1 Å². The van der Waals surface area contributed by atoms with E-state index in [-0.39, 0.29) is 11.9 Å². The highest BCUT2D eigenvalue weighted by Crippen LogP contribution is 2.26. The largest absolute Gasteiger partial charge is 0.496 e. The molecule has 0 saturated carbocycles. The lowest BCUT2D eigenvalue weighted by Crippen LogP contribution is -2.39. The summed E-state index contributed by atoms with van der Waals surface area (Å²) in [5, 5.41) is 3.23. The summed E-state index contributed by atoms with van der Waals surface area (Å²) in [5.74, 6) is 0.761. The molecule has 4 nitrogen and oxygen atoms in total. The number of ether oxygens (including phenoxy) is 2. The van der Waals surface area contributed by atoms with Crippen LogP contribution in [0.25, 0.3) is 0 Å². The third-order valence-corrected chi connectivity index (χ3v) is 3.34. The maximum atomic E-state index is 12.4. The molecule has 1 heterocycles. The molecule has 1 aliphatic rings. The molecule has 1 aromatic carbocycles. The number of Topliss-reactive ketones (excluding diaryl/α,β-unsaturated/α-hetero) is 1. The fourth-order valence-corrected chi connectivity index (χ4v) is 2.50. The second-order valence-electron chi connectivity index (χ2n) is 4.99. The average Bonchev–Trinajstić information content (AvgIpc) is 2.39. The third kappa shape index (κ3) is 3.33. The molecule has 1 N–H and O–H groups in total. The van der Waals surface area contributed by atoms with Crippen LogP contribution in [0.15, 0.2) is 12.1 Å². The molecule has 2 rings (SSSR count). The summed E-state index contributed by atoms with van der Waals surface area (Å²) in [6.45, 7) is 6.21. The molecular formula is C15H21NO3. The number of carbonyl (C=O) groups excluding carboxylic acids is 1. The lowest BCUT2D eigenvalue weighted by atomic mass is 9.98. The van der Waals surface area contributed by atoms with Gasteiger partial charge in [-0.1, -0.05) is 6.07 Å². The predicted molar refractivity (Wildman–Crippen MR) is 74.0 cm³/mol. The van der Waals surface area contributed by atoms with Gasteiger partial charge in [-0.25, -0.2) is 0 Å². The van der Waals surface area contributed by atoms with Crippen molar-refractivity contribution in [3.05, 3.63) is 28.8 Å². The van der Waals surface area contributed by atoms with E-state index in [9.17, 15) is 4.79 Å². The second-order valence-corrected chi connectivity index (χ2v) is 4.99. The summed E-state index contributed by atoms with van der Waals surface area (Å²) in [5.41, 5.74) is 2.73. The van der Waals surface area contributed by atoms with Crippen molar-refractivity contribution in [3.8, 4) is 5.75 Å². The Morgan fingerprint density at radius 3 is 2.89 bits per heavy atom. The molecule has 104 valence electrons. The van der Waals surface area contributed by atoms with E-state index in [0.717, 1.165) is 24.2 Å². The van der Waals surface area contributed by atoms with Crippen molar-refractivity contribution >= 4 is 5.78 Å². The van der Waals surface area contributed by atoms with E-state index in [2.05, 4.69) is 5.32 Å². The maximum absolute atomic E-state index is 12.4. The number of morpholine rings is 1. The Morgan fingerprint density at radius 2 is 2.26 bits per heavy atom. The summed E-state index contributed by atoms with van der Waals surface area (Å²) >= 11 is 0. The van der Waals surface area contributed by atoms with Crippen LogP contribution >= 0.6 is 0 Å². The number of ketones is 1. The molecule has 0 amide bonds. The molecule has 1 saturated heterocycles. The zero-order valence-electron chi connectivity index (χ0n) is 11.8. The first-order valence-electron chi connectivity index (χ1n) is 6.62. The number of aryl methyl sites for hydroxylation is 2. The number of hydrogen-bond donors (Lipinski definition) is 1. The smallest absolute Gasteiger partial charge is 0.169 e. The normalized spacial score (nSPS) is 19.2. The highest BCUT2D eigenvalue weighted by atomic mass is 16.5. The number of rotatable bonds is 4. The zero-order valence-corrected chi connectivity index (χ0v) is 11.8. The number of nitrogens with one attached hydrogen (secondary N) is 1. The first kappa shape index (κ1) is 14.0. The topological polar surface area (TPSA) is 47.6 Å². The number of methoxy groups -OCH3 is 1. The van der Waals surface area contributed by atoms with Crippen LogP contribution in [0.2, 0.25) is 0 Å². The lowest BCUT2D eigenvalue weighted by molar-refractivity contribution is 0.0239. The lowest BCUT2D eigenvalue weighted by Gasteiger charge is -2.23. The van der Waals surface area contributed by atoms with E-state index in [1.54, 1.807) is 7.11 Å². The molecule has 0 aliphatic carbocycles. The van der Waals surface area contributed by atoms with Gasteiger partial charge in [0.2, 0.25) is 0 Å². The highest BCUT2D eigenvalue weighted by molar-refractivity contribution is 5.99. The average molecular weight is 263 g/mol. The van der Waals surface area contributed by atoms with Crippen molar-refractivity contribution < 1.29 is 14.3 Å². The Hall–Kier alpha value is -1.39. The molecule has 0 aromatic heterocycles. The van der Waals surface area contributed by atoms with Gasteiger partial charge in [0.05, 0.1) is 25.4 Å². The van der Waals surface area contributed by atoms with Crippen molar-refractivity contribution in [1.82, 2.24) is 5.32 Å². The van der Waals surface area contributed by atoms with Crippen LogP contribution in [-0.4, -0.2) is 38.7 Å². The van der Waals surface area contributed by atoms with E-state index in [4.69, 9.17) is 9.47 Å². The quantitative estimate of drug-likeness (QED) is 0.843. The third-order valence-electron chi connectivity index (χ3n) is 3.34. The molecule has 1 aromatic rings. The Bertz CT molecular complexity index is 465. The molecule has 1 aliphatic heterocycles. The highest BCUT2D eigenvalue weighted by Gasteiger charge is 2.21. The summed E-state index contributed by atoms with van der Waals surface area (Å²) in [6.07, 6.45) is 0.360. The Kier molecular flexibility index (Phi) is 4.56. The maximum Gasteiger partial charge on any atom is 0.169 e. The van der Waals surface area contributed by atoms with Gasteiger partial charge in [0.25, 0.3) is 0 Å². The Balaban J connectivity index is 2.17. The van der Waals surface area contributed by atoms with Crippen molar-refractivity contribution in [2.45, 2.75) is 26.4 Å². The SMILES string of the molecule is COc1c(C)cc(C)cc1C(=O)CC1CNCCO1. The molecular weight excluding hydrogens is 242 g/mol. The Morgan fingerprint density at radius 1 is 1.47 bits per heavy atom. The van der Waals surface area contributed by atoms with Gasteiger partial charge in [0, 0.05) is 19.5 Å². The molecule has 0 spiro atoms. The summed E-state index contributed by atoms with van der Waals surface area (Å²) < 4.78 is 10.9. The summed E-state index contributed by atoms with van der Waals surface area (Å²) in [7, 11) is 1.60. The minimum absolute atomic E-state index is 0.0354. The number of benzene rings is 1. The van der Waals surface area contributed by atoms with Crippen LogP contribution in [0.4, 0.5) is 0 Å². The molecule has 0 radical (unpaired) electrons. The van der Waals surface area contributed by atoms with Crippen LogP contribution in [-0.2, 0) is 4.74 Å². The first-order valence-corrected chi connectivity index (χ1v) is 6.62. The van der Waals surface area contributed by atoms with Gasteiger partial charge in [0.1, 0.15) is 5.75 Å². The number of hydrogen-bond acceptors (Lipinski definition) is 4. The van der Waals surface area contributed by atoms with Gasteiger partial charge in [-0.05, 0) is 31.0 Å². The van der Waals surface area contributed by atoms with Gasteiger partial charge >= 0.3 is 0 Å². The Labute approximate surface area is 114 Å². The summed E-state index contributed by atoms with van der Waals surface area (Å²) in [6, 6.07) is 3.92. The number of carbonyl (C=O) groups is 1. The molecule has 1 unspecified atom stereocenters. The second kappa shape index (κ2) is 6.17. The van der Waals surface area contributed by atoms with Crippen LogP contribution in [0.1, 0.15) is 27.9 Å². The molecule has 4 heteroatoms. The molecule has 19 heavy (non-hydrogen) atoms. The van der Waals surface area contributed by atoms with Gasteiger partial charge in [0.15, 0.2) is 5.78 Å². The fourth-order valence-electron chi connectivity index (χ4n) is 2.50. The monoisotopic (exact) mass is 263 g/mol. The molecule has 1 fully saturated rings. The van der Waals surface area contributed by atoms with E-state index < -0.39 is 0 Å². The van der Waals surface area contributed by atoms with E-state index in [0.29, 0.717) is 24.3 Å². The van der Waals surface area contributed by atoms with E-state index in [1.807, 2.05) is 26.0 Å². The van der Waals surface area contributed by atoms with Crippen molar-refractivity contribution in [2.24, 2.45) is 0 Å². The summed E-state index contributed by atoms with van der Waals surface area (Å²) in [4.78, 5) is 12.4. The zero-order chi connectivity index (χ0) is 13.8. The standard InChI is InChI=1S/C15H21NO3/c1-10-6-11(2)15(18-3)13(7-10)14(17)8-12-9-16-4-5-19-12/h6-7,12,16H,4-5,8-9H2,1-3H3. The fraction of sp³-hybridized carbons (Fsp3) is 0.533. The minimum atomic E-state index is -0.0354. The van der Waals surface area contributed by atoms with Crippen LogP contribution in [0.3, 0.4) is 0 Å². The van der Waals surface area contributed by atoms with Crippen LogP contribution in [0.5, 0.6) is 5.75 Å². The van der Waals surface area contributed by atoms with Crippen LogP contribution in [0, 0.1) is 13.8 Å². The van der Waals surface area contributed by atoms with Gasteiger partial charge in [-0.15, -0.1) is 0 Å². The van der Waals surface area contributed by atoms with Crippen molar-refractivity contribution in [3.63, 3.8) is 0 Å². The first-order chi connectivity index (χ1) is 9.11. The van der Waals surface area contributed by atoms with Gasteiger partial charge < -0.3 is 14.8 Å². The van der Waals surface area contributed by atoms with E-state index >= 15 is 0 Å². The van der Waals surface area contributed by atoms with Gasteiger partial charge in [-0.3, -0.25) is 4.79 Å². The molecule has 1 atom stereocenters. The van der Waals surface area contributed by atoms with Crippen molar-refractivity contribution in [2.75, 3.05) is 26.8 Å². The predicted octanol–water partition coefficient (Wildman–Crippen LogP) is 1.87. The van der Waals surface area contributed by atoms with E-state index in [1.165, 1.54) is 0 Å². The van der Waals surface area contributed by atoms with Crippen molar-refractivity contribution in [1.29, 1.82) is 0 Å². The minimum Gasteiger partial charge on any atom is -0.496 e.